The Morgan fingerprint density at radius 2 is 1.72 bits per heavy atom. The number of sulfonamides is 1. The number of pyridine rings is 1. The van der Waals surface area contributed by atoms with E-state index in [9.17, 15) is 17.6 Å². The molecule has 0 aliphatic heterocycles. The van der Waals surface area contributed by atoms with Crippen molar-refractivity contribution in [2.24, 2.45) is 5.14 Å². The number of hydrogen-bond donors (Lipinski definition) is 2. The van der Waals surface area contributed by atoms with Gasteiger partial charge in [-0.15, -0.1) is 10.2 Å². The van der Waals surface area contributed by atoms with Crippen LogP contribution in [-0.4, -0.2) is 28.9 Å². The number of halogens is 1. The maximum atomic E-state index is 14.1. The highest BCUT2D eigenvalue weighted by molar-refractivity contribution is 7.89. The van der Waals surface area contributed by atoms with Crippen molar-refractivity contribution >= 4 is 27.3 Å². The highest BCUT2D eigenvalue weighted by Gasteiger charge is 2.18. The number of benzene rings is 2. The lowest BCUT2D eigenvalue weighted by Crippen LogP contribution is -2.14. The van der Waals surface area contributed by atoms with Crippen LogP contribution in [0.2, 0.25) is 0 Å². The second-order valence-corrected chi connectivity index (χ2v) is 7.70. The zero-order chi connectivity index (χ0) is 20.6. The number of nitrogens with zero attached hydrogens (tertiary/aromatic N) is 3. The van der Waals surface area contributed by atoms with Gasteiger partial charge in [-0.3, -0.25) is 9.20 Å². The molecule has 2 aromatic heterocycles. The molecule has 4 rings (SSSR count). The van der Waals surface area contributed by atoms with Gasteiger partial charge in [-0.05, 0) is 48.5 Å². The number of anilines is 1. The van der Waals surface area contributed by atoms with Crippen LogP contribution >= 0.6 is 0 Å². The van der Waals surface area contributed by atoms with Gasteiger partial charge in [0.25, 0.3) is 5.91 Å². The summed E-state index contributed by atoms with van der Waals surface area (Å²) in [4.78, 5) is 12.6. The molecule has 0 aliphatic rings. The molecular formula is C19H14FN5O3S. The maximum Gasteiger partial charge on any atom is 0.259 e. The summed E-state index contributed by atoms with van der Waals surface area (Å²) in [5, 5.41) is 15.8. The largest absolute Gasteiger partial charge is 0.322 e. The summed E-state index contributed by atoms with van der Waals surface area (Å²) in [6.45, 7) is 0. The first-order chi connectivity index (χ1) is 13.8. The van der Waals surface area contributed by atoms with Crippen molar-refractivity contribution in [3.8, 4) is 11.4 Å². The SMILES string of the molecule is NS(=O)(=O)c1ccc(NC(=O)c2cccn3c(-c4ccccc4F)nnc23)cc1. The molecule has 0 fully saturated rings. The lowest BCUT2D eigenvalue weighted by molar-refractivity contribution is 0.102. The summed E-state index contributed by atoms with van der Waals surface area (Å²) < 4.78 is 38.3. The van der Waals surface area contributed by atoms with Crippen LogP contribution in [0.4, 0.5) is 10.1 Å². The molecule has 4 aromatic rings. The number of fused-ring (bicyclic) bond motifs is 1. The van der Waals surface area contributed by atoms with Crippen molar-refractivity contribution < 1.29 is 17.6 Å². The average Bonchev–Trinajstić information content (AvgIpc) is 3.12. The van der Waals surface area contributed by atoms with Crippen LogP contribution in [0.3, 0.4) is 0 Å². The number of carbonyl (C=O) groups excluding carboxylic acids is 1. The number of nitrogens with two attached hydrogens (primary N) is 1. The molecule has 3 N–H and O–H groups in total. The molecule has 2 heterocycles. The number of hydrogen-bond acceptors (Lipinski definition) is 5. The Bertz CT molecular complexity index is 1330. The van der Waals surface area contributed by atoms with Crippen LogP contribution in [0, 0.1) is 5.82 Å². The summed E-state index contributed by atoms with van der Waals surface area (Å²) in [7, 11) is -3.82. The van der Waals surface area contributed by atoms with Crippen molar-refractivity contribution in [3.63, 3.8) is 0 Å². The molecule has 29 heavy (non-hydrogen) atoms. The van der Waals surface area contributed by atoms with Gasteiger partial charge in [-0.1, -0.05) is 12.1 Å². The molecule has 0 spiro atoms. The number of nitrogens with one attached hydrogen (secondary N) is 1. The number of amides is 1. The molecule has 1 amide bonds. The Labute approximate surface area is 164 Å². The lowest BCUT2D eigenvalue weighted by atomic mass is 10.2. The van der Waals surface area contributed by atoms with Gasteiger partial charge in [-0.2, -0.15) is 0 Å². The minimum atomic E-state index is -3.82. The molecule has 10 heteroatoms. The third-order valence-electron chi connectivity index (χ3n) is 4.23. The molecule has 8 nitrogen and oxygen atoms in total. The van der Waals surface area contributed by atoms with Gasteiger partial charge in [0.2, 0.25) is 10.0 Å². The summed E-state index contributed by atoms with van der Waals surface area (Å²) in [6, 6.07) is 14.8. The van der Waals surface area contributed by atoms with Gasteiger partial charge in [0.15, 0.2) is 11.5 Å². The number of rotatable bonds is 4. The third-order valence-corrected chi connectivity index (χ3v) is 5.16. The summed E-state index contributed by atoms with van der Waals surface area (Å²) in [5.74, 6) is -0.664. The number of primary sulfonamides is 1. The van der Waals surface area contributed by atoms with E-state index in [4.69, 9.17) is 5.14 Å². The van der Waals surface area contributed by atoms with E-state index in [2.05, 4.69) is 15.5 Å². The van der Waals surface area contributed by atoms with E-state index < -0.39 is 21.7 Å². The van der Waals surface area contributed by atoms with Gasteiger partial charge in [-0.25, -0.2) is 17.9 Å². The van der Waals surface area contributed by atoms with Crippen LogP contribution in [0.25, 0.3) is 17.0 Å². The van der Waals surface area contributed by atoms with Crippen molar-refractivity contribution in [2.75, 3.05) is 5.32 Å². The van der Waals surface area contributed by atoms with Crippen LogP contribution in [0.15, 0.2) is 71.8 Å². The molecule has 0 saturated heterocycles. The maximum absolute atomic E-state index is 14.1. The molecule has 2 aromatic carbocycles. The lowest BCUT2D eigenvalue weighted by Gasteiger charge is -2.07. The van der Waals surface area contributed by atoms with Gasteiger partial charge in [0.1, 0.15) is 5.82 Å². The summed E-state index contributed by atoms with van der Waals surface area (Å²) >= 11 is 0. The Hall–Kier alpha value is -3.63. The van der Waals surface area contributed by atoms with E-state index in [0.717, 1.165) is 0 Å². The fraction of sp³-hybridized carbons (Fsp3) is 0. The molecule has 0 atom stereocenters. The second-order valence-electron chi connectivity index (χ2n) is 6.14. The van der Waals surface area contributed by atoms with Crippen LogP contribution < -0.4 is 10.5 Å². The Balaban J connectivity index is 1.68. The quantitative estimate of drug-likeness (QED) is 0.535. The number of carbonyl (C=O) groups is 1. The minimum Gasteiger partial charge on any atom is -0.322 e. The Morgan fingerprint density at radius 1 is 1.00 bits per heavy atom. The molecule has 0 bridgehead atoms. The van der Waals surface area contributed by atoms with E-state index in [0.29, 0.717) is 5.69 Å². The van der Waals surface area contributed by atoms with Crippen molar-refractivity contribution in [1.29, 1.82) is 0 Å². The van der Waals surface area contributed by atoms with E-state index in [-0.39, 0.29) is 27.5 Å². The van der Waals surface area contributed by atoms with E-state index in [1.807, 2.05) is 0 Å². The fourth-order valence-electron chi connectivity index (χ4n) is 2.85. The Morgan fingerprint density at radius 3 is 2.41 bits per heavy atom. The summed E-state index contributed by atoms with van der Waals surface area (Å²) in [5.41, 5.74) is 1.11. The fourth-order valence-corrected chi connectivity index (χ4v) is 3.36. The standard InChI is InChI=1S/C19H14FN5O3S/c20-16-6-2-1-4-14(16)17-23-24-18-15(5-3-11-25(17)18)19(26)22-12-7-9-13(10-8-12)29(21,27)28/h1-11H,(H,22,26)(H2,21,27,28). The van der Waals surface area contributed by atoms with Crippen LogP contribution in [-0.2, 0) is 10.0 Å². The predicted molar refractivity (Wildman–Crippen MR) is 104 cm³/mol. The van der Waals surface area contributed by atoms with Gasteiger partial charge in [0, 0.05) is 11.9 Å². The molecule has 0 saturated carbocycles. The molecular weight excluding hydrogens is 397 g/mol. The first kappa shape index (κ1) is 18.7. The monoisotopic (exact) mass is 411 g/mol. The van der Waals surface area contributed by atoms with Crippen LogP contribution in [0.5, 0.6) is 0 Å². The third kappa shape index (κ3) is 3.58. The molecule has 0 radical (unpaired) electrons. The van der Waals surface area contributed by atoms with E-state index in [1.165, 1.54) is 34.7 Å². The second kappa shape index (κ2) is 7.08. The smallest absolute Gasteiger partial charge is 0.259 e. The van der Waals surface area contributed by atoms with Gasteiger partial charge >= 0.3 is 0 Å². The van der Waals surface area contributed by atoms with Crippen molar-refractivity contribution in [1.82, 2.24) is 14.6 Å². The normalized spacial score (nSPS) is 11.5. The molecule has 146 valence electrons. The zero-order valence-corrected chi connectivity index (χ0v) is 15.6. The average molecular weight is 411 g/mol. The zero-order valence-electron chi connectivity index (χ0n) is 14.8. The summed E-state index contributed by atoms with van der Waals surface area (Å²) in [6.07, 6.45) is 1.63. The van der Waals surface area contributed by atoms with Gasteiger partial charge < -0.3 is 5.32 Å². The van der Waals surface area contributed by atoms with E-state index in [1.54, 1.807) is 36.5 Å². The molecule has 0 aliphatic carbocycles. The van der Waals surface area contributed by atoms with Gasteiger partial charge in [0.05, 0.1) is 16.0 Å². The molecule has 0 unspecified atom stereocenters. The highest BCUT2D eigenvalue weighted by atomic mass is 32.2. The first-order valence-electron chi connectivity index (χ1n) is 8.37. The Kier molecular flexibility index (Phi) is 4.57. The van der Waals surface area contributed by atoms with E-state index >= 15 is 0 Å². The van der Waals surface area contributed by atoms with Crippen molar-refractivity contribution in [2.45, 2.75) is 4.90 Å². The topological polar surface area (TPSA) is 119 Å². The predicted octanol–water partition coefficient (Wildman–Crippen LogP) is 2.44. The number of aromatic nitrogens is 3. The van der Waals surface area contributed by atoms with Crippen LogP contribution in [0.1, 0.15) is 10.4 Å². The highest BCUT2D eigenvalue weighted by Crippen LogP contribution is 2.23. The minimum absolute atomic E-state index is 0.0652. The first-order valence-corrected chi connectivity index (χ1v) is 9.92. The van der Waals surface area contributed by atoms with Crippen molar-refractivity contribution in [3.05, 3.63) is 78.2 Å².